The lowest BCUT2D eigenvalue weighted by atomic mass is 10.1. The number of nitrogens with zero attached hydrogens (tertiary/aromatic N) is 1. The Bertz CT molecular complexity index is 1110. The van der Waals surface area contributed by atoms with Crippen LogP contribution in [0, 0.1) is 17.1 Å². The maximum atomic E-state index is 13.1. The van der Waals surface area contributed by atoms with Gasteiger partial charge in [0.15, 0.2) is 0 Å². The fourth-order valence-corrected chi connectivity index (χ4v) is 2.76. The topological polar surface area (TPSA) is 84.5 Å². The van der Waals surface area contributed by atoms with Crippen LogP contribution in [0.1, 0.15) is 11.3 Å². The summed E-state index contributed by atoms with van der Waals surface area (Å²) in [5.41, 5.74) is 1.31. The fraction of sp³-hybridized carbons (Fsp3) is 0.130. The summed E-state index contributed by atoms with van der Waals surface area (Å²) >= 11 is 0. The molecule has 3 aromatic rings. The number of carbonyl (C=O) groups excluding carboxylic acids is 1. The molecular weight excluding hydrogens is 387 g/mol. The van der Waals surface area contributed by atoms with Crippen LogP contribution in [0.3, 0.4) is 0 Å². The first-order chi connectivity index (χ1) is 14.5. The average Bonchev–Trinajstić information content (AvgIpc) is 3.24. The van der Waals surface area contributed by atoms with Crippen molar-refractivity contribution < 1.29 is 23.1 Å². The second kappa shape index (κ2) is 9.43. The summed E-state index contributed by atoms with van der Waals surface area (Å²) in [7, 11) is 3.08. The van der Waals surface area contributed by atoms with Crippen LogP contribution >= 0.6 is 0 Å². The van der Waals surface area contributed by atoms with E-state index in [9.17, 15) is 14.4 Å². The van der Waals surface area contributed by atoms with Crippen molar-refractivity contribution in [2.75, 3.05) is 14.2 Å². The number of halogens is 1. The van der Waals surface area contributed by atoms with Crippen LogP contribution < -0.4 is 14.8 Å². The first-order valence-corrected chi connectivity index (χ1v) is 9.00. The van der Waals surface area contributed by atoms with Gasteiger partial charge in [-0.2, -0.15) is 5.26 Å². The molecule has 1 amide bonds. The van der Waals surface area contributed by atoms with Crippen LogP contribution in [-0.4, -0.2) is 20.1 Å². The molecule has 0 bridgehead atoms. The van der Waals surface area contributed by atoms with E-state index < -0.39 is 5.91 Å². The lowest BCUT2D eigenvalue weighted by molar-refractivity contribution is -0.117. The molecule has 152 valence electrons. The lowest BCUT2D eigenvalue weighted by Gasteiger charge is -2.11. The van der Waals surface area contributed by atoms with Crippen LogP contribution in [0.2, 0.25) is 0 Å². The van der Waals surface area contributed by atoms with Crippen LogP contribution in [0.25, 0.3) is 17.4 Å². The van der Waals surface area contributed by atoms with E-state index in [1.54, 1.807) is 49.6 Å². The van der Waals surface area contributed by atoms with Crippen molar-refractivity contribution in [1.29, 1.82) is 5.26 Å². The van der Waals surface area contributed by atoms with E-state index in [0.29, 0.717) is 28.6 Å². The smallest absolute Gasteiger partial charge is 0.262 e. The van der Waals surface area contributed by atoms with Crippen molar-refractivity contribution >= 4 is 12.0 Å². The normalized spacial score (nSPS) is 10.9. The molecule has 7 heteroatoms. The van der Waals surface area contributed by atoms with E-state index in [1.807, 2.05) is 6.07 Å². The number of hydrogen-bond acceptors (Lipinski definition) is 5. The quantitative estimate of drug-likeness (QED) is 0.466. The molecule has 0 aliphatic carbocycles. The molecule has 0 radical (unpaired) electrons. The van der Waals surface area contributed by atoms with Crippen molar-refractivity contribution in [2.24, 2.45) is 0 Å². The second-order valence-electron chi connectivity index (χ2n) is 6.24. The number of nitrogens with one attached hydrogen (secondary N) is 1. The van der Waals surface area contributed by atoms with Gasteiger partial charge in [0, 0.05) is 29.8 Å². The van der Waals surface area contributed by atoms with E-state index in [2.05, 4.69) is 5.32 Å². The fourth-order valence-electron chi connectivity index (χ4n) is 2.76. The third-order valence-electron chi connectivity index (χ3n) is 4.34. The van der Waals surface area contributed by atoms with E-state index in [1.165, 1.54) is 25.3 Å². The first-order valence-electron chi connectivity index (χ1n) is 9.00. The zero-order valence-corrected chi connectivity index (χ0v) is 16.4. The van der Waals surface area contributed by atoms with E-state index in [-0.39, 0.29) is 17.9 Å². The summed E-state index contributed by atoms with van der Waals surface area (Å²) in [5, 5.41) is 12.1. The Hall–Kier alpha value is -4.05. The van der Waals surface area contributed by atoms with Crippen molar-refractivity contribution in [3.05, 3.63) is 77.3 Å². The highest BCUT2D eigenvalue weighted by atomic mass is 19.1. The summed E-state index contributed by atoms with van der Waals surface area (Å²) in [6.07, 6.45) is 1.35. The van der Waals surface area contributed by atoms with Gasteiger partial charge in [-0.3, -0.25) is 4.79 Å². The Morgan fingerprint density at radius 3 is 2.57 bits per heavy atom. The largest absolute Gasteiger partial charge is 0.497 e. The highest BCUT2D eigenvalue weighted by Gasteiger charge is 2.13. The number of furan rings is 1. The van der Waals surface area contributed by atoms with Gasteiger partial charge in [0.05, 0.1) is 14.2 Å². The number of carbonyl (C=O) groups is 1. The highest BCUT2D eigenvalue weighted by Crippen LogP contribution is 2.25. The Morgan fingerprint density at radius 1 is 1.13 bits per heavy atom. The predicted octanol–water partition coefficient (Wildman–Crippen LogP) is 4.33. The van der Waals surface area contributed by atoms with Crippen LogP contribution in [0.4, 0.5) is 4.39 Å². The predicted molar refractivity (Wildman–Crippen MR) is 109 cm³/mol. The minimum Gasteiger partial charge on any atom is -0.497 e. The molecule has 2 aromatic carbocycles. The minimum atomic E-state index is -0.546. The molecule has 1 heterocycles. The van der Waals surface area contributed by atoms with Gasteiger partial charge in [-0.15, -0.1) is 0 Å². The van der Waals surface area contributed by atoms with Gasteiger partial charge in [0.2, 0.25) is 0 Å². The zero-order valence-electron chi connectivity index (χ0n) is 16.4. The molecule has 30 heavy (non-hydrogen) atoms. The first kappa shape index (κ1) is 20.7. The molecular formula is C23H19FN2O4. The molecule has 0 atom stereocenters. The maximum Gasteiger partial charge on any atom is 0.262 e. The molecule has 1 N–H and O–H groups in total. The second-order valence-corrected chi connectivity index (χ2v) is 6.24. The third kappa shape index (κ3) is 4.86. The van der Waals surface area contributed by atoms with Gasteiger partial charge in [-0.25, -0.2) is 4.39 Å². The average molecular weight is 406 g/mol. The Kier molecular flexibility index (Phi) is 6.50. The SMILES string of the molecule is COc1ccc(CNC(=O)/C(C#N)=C/c2ccc(-c3ccc(F)cc3)o2)c(OC)c1. The van der Waals surface area contributed by atoms with Crippen LogP contribution in [0.5, 0.6) is 11.5 Å². The monoisotopic (exact) mass is 406 g/mol. The van der Waals surface area contributed by atoms with Gasteiger partial charge in [0.1, 0.15) is 40.5 Å². The maximum absolute atomic E-state index is 13.1. The van der Waals surface area contributed by atoms with Crippen molar-refractivity contribution in [2.45, 2.75) is 6.54 Å². The van der Waals surface area contributed by atoms with Gasteiger partial charge >= 0.3 is 0 Å². The van der Waals surface area contributed by atoms with Crippen LogP contribution in [0.15, 0.2) is 64.6 Å². The molecule has 0 aliphatic heterocycles. The van der Waals surface area contributed by atoms with E-state index in [4.69, 9.17) is 13.9 Å². The zero-order chi connectivity index (χ0) is 21.5. The summed E-state index contributed by atoms with van der Waals surface area (Å²) in [6.45, 7) is 0.171. The molecule has 0 spiro atoms. The Balaban J connectivity index is 1.71. The summed E-state index contributed by atoms with van der Waals surface area (Å²) in [4.78, 5) is 12.4. The molecule has 6 nitrogen and oxygen atoms in total. The Morgan fingerprint density at radius 2 is 1.90 bits per heavy atom. The number of nitriles is 1. The summed E-state index contributed by atoms with van der Waals surface area (Å²) < 4.78 is 29.2. The van der Waals surface area contributed by atoms with Gasteiger partial charge in [-0.1, -0.05) is 0 Å². The minimum absolute atomic E-state index is 0.109. The number of amides is 1. The molecule has 0 unspecified atom stereocenters. The molecule has 3 rings (SSSR count). The summed E-state index contributed by atoms with van der Waals surface area (Å²) in [6, 6.07) is 16.3. The van der Waals surface area contributed by atoms with Crippen LogP contribution in [-0.2, 0) is 11.3 Å². The van der Waals surface area contributed by atoms with Crippen molar-refractivity contribution in [3.8, 4) is 28.9 Å². The molecule has 0 saturated heterocycles. The van der Waals surface area contributed by atoms with E-state index >= 15 is 0 Å². The standard InChI is InChI=1S/C23H19FN2O4/c1-28-19-8-5-16(22(12-19)29-2)14-26-23(27)17(13-25)11-20-9-10-21(30-20)15-3-6-18(24)7-4-15/h3-12H,14H2,1-2H3,(H,26,27)/b17-11+. The molecule has 0 fully saturated rings. The van der Waals surface area contributed by atoms with Gasteiger partial charge in [-0.05, 0) is 48.5 Å². The number of methoxy groups -OCH3 is 2. The third-order valence-corrected chi connectivity index (χ3v) is 4.34. The number of ether oxygens (including phenoxy) is 2. The van der Waals surface area contributed by atoms with Crippen molar-refractivity contribution in [1.82, 2.24) is 5.32 Å². The highest BCUT2D eigenvalue weighted by molar-refractivity contribution is 6.01. The van der Waals surface area contributed by atoms with E-state index in [0.717, 1.165) is 5.56 Å². The van der Waals surface area contributed by atoms with Gasteiger partial charge in [0.25, 0.3) is 5.91 Å². The number of hydrogen-bond donors (Lipinski definition) is 1. The Labute approximate surface area is 173 Å². The molecule has 0 saturated carbocycles. The molecule has 0 aliphatic rings. The van der Waals surface area contributed by atoms with Crippen molar-refractivity contribution in [3.63, 3.8) is 0 Å². The molecule has 1 aromatic heterocycles. The lowest BCUT2D eigenvalue weighted by Crippen LogP contribution is -2.24. The number of benzene rings is 2. The van der Waals surface area contributed by atoms with Gasteiger partial charge < -0.3 is 19.2 Å². The summed E-state index contributed by atoms with van der Waals surface area (Å²) in [5.74, 6) is 1.14. The number of rotatable bonds is 7.